The molecule has 1 N–H and O–H groups in total. The van der Waals surface area contributed by atoms with Crippen LogP contribution in [0.4, 0.5) is 5.88 Å². The summed E-state index contributed by atoms with van der Waals surface area (Å²) in [5, 5.41) is 4.19. The largest absolute Gasteiger partial charge is 0.453 e. The van der Waals surface area contributed by atoms with Gasteiger partial charge < -0.3 is 8.94 Å². The van der Waals surface area contributed by atoms with Crippen molar-refractivity contribution in [2.24, 2.45) is 0 Å². The standard InChI is InChI=1S/C24H22N2O6S/c1-13-9-14(2)23-20(28)12-21(31-22(23)10-13)19(27)11-17-5-7-18(8-6-17)33(29,30)26-24-15(3)16(4)25-32-24/h5-10,12,26H,11H2,1-4H3. The number of nitrogens with zero attached hydrogens (tertiary/aromatic N) is 1. The maximum Gasteiger partial charge on any atom is 0.264 e. The second-order valence-corrected chi connectivity index (χ2v) is 9.68. The van der Waals surface area contributed by atoms with Gasteiger partial charge in [0.2, 0.25) is 11.7 Å². The third-order valence-corrected chi connectivity index (χ3v) is 6.78. The Hall–Kier alpha value is -3.72. The first-order chi connectivity index (χ1) is 15.5. The number of aromatic nitrogens is 1. The van der Waals surface area contributed by atoms with Crippen molar-refractivity contribution in [3.63, 3.8) is 0 Å². The monoisotopic (exact) mass is 466 g/mol. The molecule has 2 heterocycles. The van der Waals surface area contributed by atoms with Gasteiger partial charge in [-0.25, -0.2) is 13.1 Å². The molecule has 4 aromatic rings. The van der Waals surface area contributed by atoms with Crippen LogP contribution < -0.4 is 10.2 Å². The van der Waals surface area contributed by atoms with E-state index in [-0.39, 0.29) is 34.2 Å². The van der Waals surface area contributed by atoms with Crippen LogP contribution in [0.25, 0.3) is 11.0 Å². The highest BCUT2D eigenvalue weighted by molar-refractivity contribution is 7.92. The van der Waals surface area contributed by atoms with E-state index in [0.717, 1.165) is 11.1 Å². The quantitative estimate of drug-likeness (QED) is 0.422. The smallest absolute Gasteiger partial charge is 0.264 e. The van der Waals surface area contributed by atoms with E-state index < -0.39 is 10.0 Å². The van der Waals surface area contributed by atoms with Gasteiger partial charge in [0.1, 0.15) is 5.58 Å². The predicted octanol–water partition coefficient (Wildman–Crippen LogP) is 4.24. The van der Waals surface area contributed by atoms with Gasteiger partial charge in [-0.3, -0.25) is 9.59 Å². The fourth-order valence-corrected chi connectivity index (χ4v) is 4.60. The molecule has 0 amide bonds. The Morgan fingerprint density at radius 3 is 2.36 bits per heavy atom. The van der Waals surface area contributed by atoms with Crippen molar-refractivity contribution in [2.75, 3.05) is 4.72 Å². The summed E-state index contributed by atoms with van der Waals surface area (Å²) in [5.41, 5.74) is 3.58. The van der Waals surface area contributed by atoms with Gasteiger partial charge in [0.05, 0.1) is 16.0 Å². The van der Waals surface area contributed by atoms with Crippen LogP contribution in [0.2, 0.25) is 0 Å². The number of benzene rings is 2. The van der Waals surface area contributed by atoms with Crippen LogP contribution in [0, 0.1) is 27.7 Å². The summed E-state index contributed by atoms with van der Waals surface area (Å²) in [6, 6.07) is 10.7. The molecule has 0 fully saturated rings. The van der Waals surface area contributed by atoms with E-state index in [9.17, 15) is 18.0 Å². The molecule has 0 saturated heterocycles. The van der Waals surface area contributed by atoms with Crippen molar-refractivity contribution in [2.45, 2.75) is 39.0 Å². The van der Waals surface area contributed by atoms with E-state index in [1.165, 1.54) is 18.2 Å². The summed E-state index contributed by atoms with van der Waals surface area (Å²) in [4.78, 5) is 25.3. The van der Waals surface area contributed by atoms with Crippen LogP contribution in [0.3, 0.4) is 0 Å². The third kappa shape index (κ3) is 4.45. The van der Waals surface area contributed by atoms with Gasteiger partial charge in [-0.1, -0.05) is 23.4 Å². The molecule has 0 unspecified atom stereocenters. The van der Waals surface area contributed by atoms with E-state index in [1.54, 1.807) is 32.0 Å². The summed E-state index contributed by atoms with van der Waals surface area (Å²) in [6.07, 6.45) is -0.0482. The van der Waals surface area contributed by atoms with Gasteiger partial charge >= 0.3 is 0 Å². The third-order valence-electron chi connectivity index (χ3n) is 5.43. The van der Waals surface area contributed by atoms with Gasteiger partial charge in [-0.2, -0.15) is 0 Å². The molecule has 0 aliphatic rings. The normalized spacial score (nSPS) is 11.6. The highest BCUT2D eigenvalue weighted by Gasteiger charge is 2.20. The maximum atomic E-state index is 12.8. The molecule has 8 nitrogen and oxygen atoms in total. The molecule has 2 aromatic carbocycles. The number of rotatable bonds is 6. The van der Waals surface area contributed by atoms with E-state index in [2.05, 4.69) is 9.88 Å². The second kappa shape index (κ2) is 8.32. The fourth-order valence-electron chi connectivity index (χ4n) is 3.55. The van der Waals surface area contributed by atoms with E-state index in [1.807, 2.05) is 19.9 Å². The number of fused-ring (bicyclic) bond motifs is 1. The van der Waals surface area contributed by atoms with Crippen LogP contribution in [0.1, 0.15) is 38.5 Å². The van der Waals surface area contributed by atoms with Crippen molar-refractivity contribution in [1.82, 2.24) is 5.16 Å². The Labute approximate surface area is 190 Å². The summed E-state index contributed by atoms with van der Waals surface area (Å²) >= 11 is 0. The molecule has 0 bridgehead atoms. The molecule has 0 radical (unpaired) electrons. The predicted molar refractivity (Wildman–Crippen MR) is 123 cm³/mol. The summed E-state index contributed by atoms with van der Waals surface area (Å²) in [5.74, 6) is -0.356. The minimum Gasteiger partial charge on any atom is -0.453 e. The Morgan fingerprint density at radius 1 is 1.03 bits per heavy atom. The van der Waals surface area contributed by atoms with Crippen molar-refractivity contribution in [3.05, 3.63) is 86.4 Å². The molecule has 0 saturated carbocycles. The average Bonchev–Trinajstić information content (AvgIpc) is 3.05. The van der Waals surface area contributed by atoms with Gasteiger partial charge in [-0.15, -0.1) is 0 Å². The Balaban J connectivity index is 1.55. The number of anilines is 1. The number of hydrogen-bond acceptors (Lipinski definition) is 7. The molecule has 9 heteroatoms. The molecule has 2 aromatic heterocycles. The molecule has 0 aliphatic heterocycles. The number of carbonyl (C=O) groups is 1. The van der Waals surface area contributed by atoms with E-state index in [0.29, 0.717) is 27.8 Å². The lowest BCUT2D eigenvalue weighted by atomic mass is 10.0. The topological polar surface area (TPSA) is 119 Å². The van der Waals surface area contributed by atoms with Crippen molar-refractivity contribution in [3.8, 4) is 0 Å². The number of sulfonamides is 1. The highest BCUT2D eigenvalue weighted by atomic mass is 32.2. The first-order valence-corrected chi connectivity index (χ1v) is 11.7. The van der Waals surface area contributed by atoms with Gasteiger partial charge in [0, 0.05) is 18.1 Å². The summed E-state index contributed by atoms with van der Waals surface area (Å²) < 4.78 is 38.3. The van der Waals surface area contributed by atoms with Crippen molar-refractivity contribution < 1.29 is 22.2 Å². The first-order valence-electron chi connectivity index (χ1n) is 10.2. The van der Waals surface area contributed by atoms with Gasteiger partial charge in [0.15, 0.2) is 11.2 Å². The van der Waals surface area contributed by atoms with Gasteiger partial charge in [-0.05, 0) is 62.6 Å². The van der Waals surface area contributed by atoms with Crippen LogP contribution >= 0.6 is 0 Å². The molecule has 33 heavy (non-hydrogen) atoms. The zero-order chi connectivity index (χ0) is 23.9. The molecule has 0 atom stereocenters. The van der Waals surface area contributed by atoms with Crippen LogP contribution in [-0.4, -0.2) is 19.4 Å². The summed E-state index contributed by atoms with van der Waals surface area (Å²) in [7, 11) is -3.89. The Kier molecular flexibility index (Phi) is 5.67. The molecule has 0 aliphatic carbocycles. The molecule has 0 spiro atoms. The lowest BCUT2D eigenvalue weighted by Gasteiger charge is -2.08. The van der Waals surface area contributed by atoms with Crippen molar-refractivity contribution in [1.29, 1.82) is 0 Å². The van der Waals surface area contributed by atoms with E-state index >= 15 is 0 Å². The molecule has 170 valence electrons. The highest BCUT2D eigenvalue weighted by Crippen LogP contribution is 2.23. The molecule has 4 rings (SSSR count). The zero-order valence-electron chi connectivity index (χ0n) is 18.6. The van der Waals surface area contributed by atoms with Gasteiger partial charge in [0.25, 0.3) is 10.0 Å². The molecular weight excluding hydrogens is 444 g/mol. The number of hydrogen-bond donors (Lipinski definition) is 1. The number of Topliss-reactive ketones (excluding diaryl/α,β-unsaturated/α-hetero) is 1. The van der Waals surface area contributed by atoms with Crippen LogP contribution in [-0.2, 0) is 16.4 Å². The van der Waals surface area contributed by atoms with Crippen LogP contribution in [0.15, 0.2) is 61.1 Å². The second-order valence-electron chi connectivity index (χ2n) is 8.00. The SMILES string of the molecule is Cc1cc(C)c2c(=O)cc(C(=O)Cc3ccc(S(=O)(=O)Nc4onc(C)c4C)cc3)oc2c1. The van der Waals surface area contributed by atoms with E-state index in [4.69, 9.17) is 8.94 Å². The minimum absolute atomic E-state index is 0.00957. The minimum atomic E-state index is -3.89. The lowest BCUT2D eigenvalue weighted by Crippen LogP contribution is -2.13. The summed E-state index contributed by atoms with van der Waals surface area (Å²) in [6.45, 7) is 7.12. The fraction of sp³-hybridized carbons (Fsp3) is 0.208. The maximum absolute atomic E-state index is 12.8. The number of nitrogens with one attached hydrogen (secondary N) is 1. The Morgan fingerprint density at radius 2 is 1.73 bits per heavy atom. The van der Waals surface area contributed by atoms with Crippen LogP contribution in [0.5, 0.6) is 0 Å². The lowest BCUT2D eigenvalue weighted by molar-refractivity contribution is 0.0967. The number of aryl methyl sites for hydroxylation is 3. The number of carbonyl (C=O) groups excluding carboxylic acids is 1. The average molecular weight is 467 g/mol. The first kappa shape index (κ1) is 22.5. The number of ketones is 1. The zero-order valence-corrected chi connectivity index (χ0v) is 19.4. The Bertz CT molecular complexity index is 1550. The van der Waals surface area contributed by atoms with Crippen molar-refractivity contribution >= 4 is 32.7 Å². The molecular formula is C24H22N2O6S.